The van der Waals surface area contributed by atoms with Gasteiger partial charge in [-0.3, -0.25) is 15.0 Å². The van der Waals surface area contributed by atoms with E-state index in [0.29, 0.717) is 6.04 Å². The summed E-state index contributed by atoms with van der Waals surface area (Å²) in [7, 11) is 1.97. The fourth-order valence-corrected chi connectivity index (χ4v) is 2.90. The van der Waals surface area contributed by atoms with Crippen LogP contribution in [0.4, 0.5) is 0 Å². The average molecular weight is 341 g/mol. The van der Waals surface area contributed by atoms with Crippen molar-refractivity contribution in [1.82, 2.24) is 10.2 Å². The van der Waals surface area contributed by atoms with Crippen molar-refractivity contribution in [1.29, 1.82) is 0 Å². The van der Waals surface area contributed by atoms with Gasteiger partial charge in [-0.15, -0.1) is 0 Å². The van der Waals surface area contributed by atoms with Gasteiger partial charge in [0, 0.05) is 24.1 Å². The summed E-state index contributed by atoms with van der Waals surface area (Å²) in [5, 5.41) is 21.9. The number of amides is 1. The summed E-state index contributed by atoms with van der Waals surface area (Å²) in [6, 6.07) is -0.178. The van der Waals surface area contributed by atoms with Crippen molar-refractivity contribution in [3.8, 4) is 0 Å². The third-order valence-corrected chi connectivity index (χ3v) is 5.45. The number of carbonyl (C=O) groups is 1. The van der Waals surface area contributed by atoms with Crippen LogP contribution in [0, 0.1) is 5.41 Å². The lowest BCUT2D eigenvalue weighted by Gasteiger charge is -2.41. The summed E-state index contributed by atoms with van der Waals surface area (Å²) < 4.78 is 0. The molecule has 0 aromatic heterocycles. The molecule has 24 heavy (non-hydrogen) atoms. The zero-order valence-corrected chi connectivity index (χ0v) is 15.8. The maximum absolute atomic E-state index is 12.6. The van der Waals surface area contributed by atoms with Crippen molar-refractivity contribution < 1.29 is 15.0 Å². The molecule has 0 aromatic rings. The van der Waals surface area contributed by atoms with Gasteiger partial charge in [-0.1, -0.05) is 33.1 Å². The molecule has 1 atom stereocenters. The van der Waals surface area contributed by atoms with Crippen molar-refractivity contribution in [3.63, 3.8) is 0 Å². The number of nitrogens with two attached hydrogens (primary N) is 1. The largest absolute Gasteiger partial charge is 0.495 e. The third-order valence-electron chi connectivity index (χ3n) is 5.45. The van der Waals surface area contributed by atoms with Crippen LogP contribution in [-0.2, 0) is 4.79 Å². The smallest absolute Gasteiger partial charge is 0.246 e. The molecule has 1 aliphatic carbocycles. The molecule has 0 aromatic carbocycles. The Labute approximate surface area is 146 Å². The highest BCUT2D eigenvalue weighted by Gasteiger charge is 2.37. The molecule has 1 saturated carbocycles. The van der Waals surface area contributed by atoms with E-state index in [4.69, 9.17) is 5.73 Å². The molecule has 1 fully saturated rings. The first kappa shape index (κ1) is 20.9. The van der Waals surface area contributed by atoms with Crippen LogP contribution in [0.25, 0.3) is 0 Å². The summed E-state index contributed by atoms with van der Waals surface area (Å²) in [6.07, 6.45) is 7.24. The minimum Gasteiger partial charge on any atom is -0.495 e. The van der Waals surface area contributed by atoms with E-state index in [0.717, 1.165) is 12.8 Å². The number of hydrogen-bond acceptors (Lipinski definition) is 5. The van der Waals surface area contributed by atoms with E-state index in [9.17, 15) is 15.0 Å². The predicted molar refractivity (Wildman–Crippen MR) is 96.4 cm³/mol. The molecule has 6 nitrogen and oxygen atoms in total. The molecule has 0 heterocycles. The average Bonchev–Trinajstić information content (AvgIpc) is 2.54. The van der Waals surface area contributed by atoms with Crippen molar-refractivity contribution in [2.75, 3.05) is 13.7 Å². The second-order valence-corrected chi connectivity index (χ2v) is 8.14. The Morgan fingerprint density at radius 2 is 1.83 bits per heavy atom. The lowest BCUT2D eigenvalue weighted by molar-refractivity contribution is -0.132. The molecule has 0 aliphatic heterocycles. The molecule has 5 N–H and O–H groups in total. The minimum atomic E-state index is -0.736. The van der Waals surface area contributed by atoms with Crippen LogP contribution in [0.1, 0.15) is 59.8 Å². The van der Waals surface area contributed by atoms with Gasteiger partial charge in [0.05, 0.1) is 5.54 Å². The maximum Gasteiger partial charge on any atom is 0.246 e. The normalized spacial score (nSPS) is 19.4. The van der Waals surface area contributed by atoms with E-state index in [1.54, 1.807) is 13.8 Å². The van der Waals surface area contributed by atoms with E-state index in [2.05, 4.69) is 10.2 Å². The Bertz CT molecular complexity index is 454. The molecule has 0 spiro atoms. The SMILES string of the molecule is CN(C1CCCCC1)C(C)(C)C(=O)N/C(O)=C/C(N)C(C)(C)CO. The van der Waals surface area contributed by atoms with Crippen molar-refractivity contribution in [2.45, 2.75) is 77.4 Å². The van der Waals surface area contributed by atoms with Crippen molar-refractivity contribution in [3.05, 3.63) is 12.0 Å². The summed E-state index contributed by atoms with van der Waals surface area (Å²) in [5.74, 6) is -0.530. The first-order chi connectivity index (χ1) is 11.0. The number of aliphatic hydroxyl groups is 2. The van der Waals surface area contributed by atoms with Crippen LogP contribution < -0.4 is 11.1 Å². The highest BCUT2D eigenvalue weighted by Crippen LogP contribution is 2.27. The van der Waals surface area contributed by atoms with E-state index in [1.807, 2.05) is 20.9 Å². The molecule has 1 aliphatic rings. The number of nitrogens with one attached hydrogen (secondary N) is 1. The number of likely N-dealkylation sites (N-methyl/N-ethyl adjacent to an activating group) is 1. The predicted octanol–water partition coefficient (Wildman–Crippen LogP) is 1.89. The lowest BCUT2D eigenvalue weighted by atomic mass is 9.86. The van der Waals surface area contributed by atoms with Gasteiger partial charge in [0.15, 0.2) is 5.88 Å². The Hall–Kier alpha value is -1.11. The zero-order valence-electron chi connectivity index (χ0n) is 15.8. The molecular formula is C18H35N3O3. The van der Waals surface area contributed by atoms with Gasteiger partial charge in [0.1, 0.15) is 0 Å². The quantitative estimate of drug-likeness (QED) is 0.530. The second kappa shape index (κ2) is 8.32. The van der Waals surface area contributed by atoms with Gasteiger partial charge < -0.3 is 15.9 Å². The van der Waals surface area contributed by atoms with Crippen LogP contribution in [0.2, 0.25) is 0 Å². The van der Waals surface area contributed by atoms with E-state index >= 15 is 0 Å². The summed E-state index contributed by atoms with van der Waals surface area (Å²) >= 11 is 0. The first-order valence-corrected chi connectivity index (χ1v) is 8.84. The topological polar surface area (TPSA) is 98.8 Å². The van der Waals surface area contributed by atoms with Crippen LogP contribution in [0.3, 0.4) is 0 Å². The van der Waals surface area contributed by atoms with Gasteiger partial charge in [-0.05, 0) is 39.8 Å². The van der Waals surface area contributed by atoms with Gasteiger partial charge in [-0.25, -0.2) is 0 Å². The van der Waals surface area contributed by atoms with Crippen LogP contribution in [-0.4, -0.2) is 52.3 Å². The monoisotopic (exact) mass is 341 g/mol. The third kappa shape index (κ3) is 5.19. The summed E-state index contributed by atoms with van der Waals surface area (Å²) in [5.41, 5.74) is 4.65. The molecule has 0 saturated heterocycles. The summed E-state index contributed by atoms with van der Waals surface area (Å²) in [4.78, 5) is 14.7. The molecule has 0 bridgehead atoms. The Morgan fingerprint density at radius 3 is 2.33 bits per heavy atom. The molecule has 1 unspecified atom stereocenters. The van der Waals surface area contributed by atoms with E-state index in [1.165, 1.54) is 25.3 Å². The highest BCUT2D eigenvalue weighted by atomic mass is 16.3. The first-order valence-electron chi connectivity index (χ1n) is 8.84. The number of nitrogens with zero attached hydrogens (tertiary/aromatic N) is 1. The van der Waals surface area contributed by atoms with Crippen LogP contribution >= 0.6 is 0 Å². The van der Waals surface area contributed by atoms with Crippen LogP contribution in [0.15, 0.2) is 12.0 Å². The van der Waals surface area contributed by atoms with Crippen LogP contribution in [0.5, 0.6) is 0 Å². The van der Waals surface area contributed by atoms with Gasteiger partial charge >= 0.3 is 0 Å². The van der Waals surface area contributed by atoms with E-state index < -0.39 is 17.0 Å². The number of hydrogen-bond donors (Lipinski definition) is 4. The Balaban J connectivity index is 2.73. The fraction of sp³-hybridized carbons (Fsp3) is 0.833. The molecule has 1 rings (SSSR count). The molecule has 1 amide bonds. The van der Waals surface area contributed by atoms with Gasteiger partial charge in [-0.2, -0.15) is 0 Å². The Morgan fingerprint density at radius 1 is 1.29 bits per heavy atom. The molecule has 6 heteroatoms. The van der Waals surface area contributed by atoms with E-state index in [-0.39, 0.29) is 18.4 Å². The van der Waals surface area contributed by atoms with Crippen molar-refractivity contribution in [2.24, 2.45) is 11.1 Å². The molecular weight excluding hydrogens is 306 g/mol. The number of carbonyl (C=O) groups excluding carboxylic acids is 1. The highest BCUT2D eigenvalue weighted by molar-refractivity contribution is 5.86. The Kier molecular flexibility index (Phi) is 7.25. The second-order valence-electron chi connectivity index (χ2n) is 8.14. The van der Waals surface area contributed by atoms with Gasteiger partial charge in [0.25, 0.3) is 0 Å². The summed E-state index contributed by atoms with van der Waals surface area (Å²) in [6.45, 7) is 7.21. The fourth-order valence-electron chi connectivity index (χ4n) is 2.90. The van der Waals surface area contributed by atoms with Gasteiger partial charge in [0.2, 0.25) is 5.91 Å². The maximum atomic E-state index is 12.6. The number of rotatable bonds is 7. The minimum absolute atomic E-state index is 0.109. The zero-order chi connectivity index (χ0) is 18.5. The number of aliphatic hydroxyl groups excluding tert-OH is 2. The standard InChI is InChI=1S/C18H35N3O3/c1-17(2,12-22)14(19)11-15(23)20-16(24)18(3,4)21(5)13-9-7-6-8-10-13/h11,13-14,22-23H,6-10,12,19H2,1-5H3,(H,20,24)/b15-11-. The lowest BCUT2D eigenvalue weighted by Crippen LogP contribution is -2.57. The molecule has 140 valence electrons. The molecule has 0 radical (unpaired) electrons. The van der Waals surface area contributed by atoms with Crippen molar-refractivity contribution >= 4 is 5.91 Å².